The van der Waals surface area contributed by atoms with E-state index in [1.54, 1.807) is 0 Å². The molecule has 1 atom stereocenters. The molecule has 0 aliphatic heterocycles. The van der Waals surface area contributed by atoms with Gasteiger partial charge in [-0.25, -0.2) is 9.97 Å². The summed E-state index contributed by atoms with van der Waals surface area (Å²) >= 11 is 0. The fourth-order valence-electron chi connectivity index (χ4n) is 1.86. The number of hydrogen-bond acceptors (Lipinski definition) is 5. The highest BCUT2D eigenvalue weighted by molar-refractivity contribution is 5.58. The Morgan fingerprint density at radius 2 is 2.11 bits per heavy atom. The van der Waals surface area contributed by atoms with Crippen molar-refractivity contribution < 1.29 is 0 Å². The van der Waals surface area contributed by atoms with Crippen molar-refractivity contribution in [3.63, 3.8) is 0 Å². The summed E-state index contributed by atoms with van der Waals surface area (Å²) in [4.78, 5) is 11.0. The Labute approximate surface area is 109 Å². The van der Waals surface area contributed by atoms with E-state index in [-0.39, 0.29) is 5.92 Å². The van der Waals surface area contributed by atoms with Gasteiger partial charge < -0.3 is 10.2 Å². The minimum absolute atomic E-state index is 0.0209. The summed E-state index contributed by atoms with van der Waals surface area (Å²) in [5.41, 5.74) is 1.02. The number of hydrogen-bond donors (Lipinski definition) is 1. The van der Waals surface area contributed by atoms with Gasteiger partial charge in [0.25, 0.3) is 0 Å². The van der Waals surface area contributed by atoms with Crippen LogP contribution in [0.4, 0.5) is 11.6 Å². The van der Waals surface area contributed by atoms with E-state index in [1.807, 2.05) is 39.8 Å². The van der Waals surface area contributed by atoms with Crippen molar-refractivity contribution in [3.8, 4) is 6.07 Å². The molecule has 5 nitrogen and oxygen atoms in total. The lowest BCUT2D eigenvalue weighted by molar-refractivity contribution is 0.705. The predicted octanol–water partition coefficient (Wildman–Crippen LogP) is 1.98. The van der Waals surface area contributed by atoms with Crippen LogP contribution in [-0.4, -0.2) is 30.6 Å². The van der Waals surface area contributed by atoms with Crippen molar-refractivity contribution in [2.75, 3.05) is 30.9 Å². The Bertz CT molecular complexity index is 449. The highest BCUT2D eigenvalue weighted by atomic mass is 15.2. The average Bonchev–Trinajstić information content (AvgIpc) is 2.38. The van der Waals surface area contributed by atoms with Gasteiger partial charge >= 0.3 is 0 Å². The second-order valence-corrected chi connectivity index (χ2v) is 4.45. The second-order valence-electron chi connectivity index (χ2n) is 4.45. The maximum absolute atomic E-state index is 8.88. The molecule has 0 saturated carbocycles. The van der Waals surface area contributed by atoms with Gasteiger partial charge in [-0.2, -0.15) is 5.26 Å². The minimum atomic E-state index is -0.0209. The number of anilines is 2. The predicted molar refractivity (Wildman–Crippen MR) is 73.7 cm³/mol. The lowest BCUT2D eigenvalue weighted by atomic mass is 10.2. The van der Waals surface area contributed by atoms with Crippen LogP contribution < -0.4 is 10.2 Å². The van der Waals surface area contributed by atoms with Gasteiger partial charge in [0.05, 0.1) is 12.0 Å². The summed E-state index contributed by atoms with van der Waals surface area (Å²) in [7, 11) is 3.82. The molecule has 1 N–H and O–H groups in total. The molecule has 1 rings (SSSR count). The molecule has 98 valence electrons. The topological polar surface area (TPSA) is 64.8 Å². The molecule has 0 amide bonds. The van der Waals surface area contributed by atoms with Crippen molar-refractivity contribution in [2.24, 2.45) is 5.92 Å². The summed E-state index contributed by atoms with van der Waals surface area (Å²) in [5, 5.41) is 12.0. The Morgan fingerprint density at radius 1 is 1.44 bits per heavy atom. The number of rotatable bonds is 5. The molecule has 1 aromatic heterocycles. The van der Waals surface area contributed by atoms with Crippen LogP contribution in [0.15, 0.2) is 0 Å². The smallest absolute Gasteiger partial charge is 0.137 e. The molecule has 18 heavy (non-hydrogen) atoms. The first kappa shape index (κ1) is 14.2. The summed E-state index contributed by atoms with van der Waals surface area (Å²) in [5.74, 6) is 2.55. The van der Waals surface area contributed by atoms with Gasteiger partial charge in [0, 0.05) is 32.6 Å². The van der Waals surface area contributed by atoms with E-state index in [4.69, 9.17) is 5.26 Å². The van der Waals surface area contributed by atoms with Crippen LogP contribution in [0.2, 0.25) is 0 Å². The molecule has 0 bridgehead atoms. The first-order valence-corrected chi connectivity index (χ1v) is 6.19. The van der Waals surface area contributed by atoms with Gasteiger partial charge in [0.15, 0.2) is 0 Å². The molecule has 0 radical (unpaired) electrons. The zero-order chi connectivity index (χ0) is 13.7. The van der Waals surface area contributed by atoms with Gasteiger partial charge in [0.1, 0.15) is 17.5 Å². The Kier molecular flexibility index (Phi) is 4.90. The third kappa shape index (κ3) is 3.10. The SMILES string of the molecule is CCc1nc(NC)c(C)c(N(C)CC(C)C#N)n1. The van der Waals surface area contributed by atoms with Crippen molar-refractivity contribution >= 4 is 11.6 Å². The molecular formula is C13H21N5. The van der Waals surface area contributed by atoms with Crippen molar-refractivity contribution in [3.05, 3.63) is 11.4 Å². The van der Waals surface area contributed by atoms with Crippen LogP contribution in [-0.2, 0) is 6.42 Å². The first-order chi connectivity index (χ1) is 8.53. The lowest BCUT2D eigenvalue weighted by Gasteiger charge is -2.22. The number of aryl methyl sites for hydroxylation is 1. The van der Waals surface area contributed by atoms with Crippen LogP contribution in [0, 0.1) is 24.2 Å². The maximum atomic E-state index is 8.88. The summed E-state index contributed by atoms with van der Waals surface area (Å²) in [6.07, 6.45) is 0.795. The molecule has 1 heterocycles. The molecule has 5 heteroatoms. The third-order valence-electron chi connectivity index (χ3n) is 2.85. The Balaban J connectivity index is 3.10. The molecular weight excluding hydrogens is 226 g/mol. The molecule has 0 spiro atoms. The molecule has 0 aliphatic carbocycles. The zero-order valence-corrected chi connectivity index (χ0v) is 11.8. The van der Waals surface area contributed by atoms with Crippen LogP contribution in [0.5, 0.6) is 0 Å². The fraction of sp³-hybridized carbons (Fsp3) is 0.615. The summed E-state index contributed by atoms with van der Waals surface area (Å²) in [6.45, 7) is 6.60. The van der Waals surface area contributed by atoms with Gasteiger partial charge in [-0.05, 0) is 13.8 Å². The summed E-state index contributed by atoms with van der Waals surface area (Å²) in [6, 6.07) is 2.24. The van der Waals surface area contributed by atoms with E-state index in [0.29, 0.717) is 6.54 Å². The van der Waals surface area contributed by atoms with E-state index in [1.165, 1.54) is 0 Å². The molecule has 0 saturated heterocycles. The second kappa shape index (κ2) is 6.20. The average molecular weight is 247 g/mol. The molecule has 0 aliphatic rings. The normalized spacial score (nSPS) is 11.8. The minimum Gasteiger partial charge on any atom is -0.373 e. The molecule has 0 aromatic carbocycles. The Morgan fingerprint density at radius 3 is 2.61 bits per heavy atom. The number of aromatic nitrogens is 2. The van der Waals surface area contributed by atoms with Gasteiger partial charge in [-0.1, -0.05) is 6.92 Å². The molecule has 1 aromatic rings. The highest BCUT2D eigenvalue weighted by Crippen LogP contribution is 2.23. The van der Waals surface area contributed by atoms with Crippen molar-refractivity contribution in [1.82, 2.24) is 9.97 Å². The highest BCUT2D eigenvalue weighted by Gasteiger charge is 2.14. The van der Waals surface area contributed by atoms with Crippen molar-refractivity contribution in [1.29, 1.82) is 5.26 Å². The van der Waals surface area contributed by atoms with Crippen LogP contribution >= 0.6 is 0 Å². The van der Waals surface area contributed by atoms with Crippen LogP contribution in [0.25, 0.3) is 0 Å². The van der Waals surface area contributed by atoms with E-state index < -0.39 is 0 Å². The standard InChI is InChI=1S/C13H21N5/c1-6-11-16-12(15-4)10(3)13(17-11)18(5)8-9(2)7-14/h9H,6,8H2,1-5H3,(H,15,16,17). The van der Waals surface area contributed by atoms with Crippen LogP contribution in [0.3, 0.4) is 0 Å². The van der Waals surface area contributed by atoms with E-state index in [2.05, 4.69) is 21.4 Å². The van der Waals surface area contributed by atoms with E-state index in [0.717, 1.165) is 29.4 Å². The number of nitrogens with zero attached hydrogens (tertiary/aromatic N) is 4. The van der Waals surface area contributed by atoms with E-state index >= 15 is 0 Å². The van der Waals surface area contributed by atoms with Gasteiger partial charge in [-0.15, -0.1) is 0 Å². The van der Waals surface area contributed by atoms with Gasteiger partial charge in [0.2, 0.25) is 0 Å². The summed E-state index contributed by atoms with van der Waals surface area (Å²) < 4.78 is 0. The fourth-order valence-corrected chi connectivity index (χ4v) is 1.86. The van der Waals surface area contributed by atoms with E-state index in [9.17, 15) is 0 Å². The Hall–Kier alpha value is -1.83. The number of nitriles is 1. The molecule has 1 unspecified atom stereocenters. The third-order valence-corrected chi connectivity index (χ3v) is 2.85. The lowest BCUT2D eigenvalue weighted by Crippen LogP contribution is -2.26. The zero-order valence-electron chi connectivity index (χ0n) is 11.8. The number of nitrogens with one attached hydrogen (secondary N) is 1. The first-order valence-electron chi connectivity index (χ1n) is 6.19. The monoisotopic (exact) mass is 247 g/mol. The molecule has 0 fully saturated rings. The largest absolute Gasteiger partial charge is 0.373 e. The maximum Gasteiger partial charge on any atom is 0.137 e. The quantitative estimate of drug-likeness (QED) is 0.862. The van der Waals surface area contributed by atoms with Crippen LogP contribution in [0.1, 0.15) is 25.2 Å². The van der Waals surface area contributed by atoms with Crippen molar-refractivity contribution in [2.45, 2.75) is 27.2 Å². The van der Waals surface area contributed by atoms with Gasteiger partial charge in [-0.3, -0.25) is 0 Å².